The third-order valence-corrected chi connectivity index (χ3v) is 4.30. The lowest BCUT2D eigenvalue weighted by molar-refractivity contribution is -0.137. The average molecular weight is 379 g/mol. The number of nitrogen functional groups attached to an aromatic ring is 1. The normalized spacial score (nSPS) is 11.4. The first-order valence-electron chi connectivity index (χ1n) is 5.76. The van der Waals surface area contributed by atoms with Crippen LogP contribution in [0.1, 0.15) is 20.8 Å². The largest absolute Gasteiger partial charge is 0.416 e. The van der Waals surface area contributed by atoms with E-state index in [0.29, 0.717) is 0 Å². The molecule has 0 aliphatic heterocycles. The number of amides is 1. The Balaban J connectivity index is 2.15. The van der Waals surface area contributed by atoms with Gasteiger partial charge in [-0.15, -0.1) is 11.3 Å². The first-order chi connectivity index (χ1) is 9.77. The molecule has 0 unspecified atom stereocenters. The topological polar surface area (TPSA) is 55.1 Å². The highest BCUT2D eigenvalue weighted by Gasteiger charge is 2.31. The SMILES string of the molecule is Nc1ccc(C(F)(F)F)cc1C(=O)NCc1ccc(Br)s1. The lowest BCUT2D eigenvalue weighted by Gasteiger charge is -2.11. The molecule has 0 spiro atoms. The van der Waals surface area contributed by atoms with Crippen LogP contribution >= 0.6 is 27.3 Å². The van der Waals surface area contributed by atoms with E-state index in [4.69, 9.17) is 5.73 Å². The Morgan fingerprint density at radius 2 is 2.00 bits per heavy atom. The Hall–Kier alpha value is -1.54. The number of thiophene rings is 1. The number of hydrogen-bond donors (Lipinski definition) is 2. The third kappa shape index (κ3) is 3.98. The number of benzene rings is 1. The van der Waals surface area contributed by atoms with Gasteiger partial charge in [0.1, 0.15) is 0 Å². The number of nitrogens with one attached hydrogen (secondary N) is 1. The molecule has 0 saturated carbocycles. The number of anilines is 1. The molecule has 1 aromatic carbocycles. The Morgan fingerprint density at radius 3 is 2.57 bits per heavy atom. The monoisotopic (exact) mass is 378 g/mol. The van der Waals surface area contributed by atoms with Crippen LogP contribution in [0.5, 0.6) is 0 Å². The van der Waals surface area contributed by atoms with Crippen LogP contribution in [0.4, 0.5) is 18.9 Å². The fraction of sp³-hybridized carbons (Fsp3) is 0.154. The van der Waals surface area contributed by atoms with E-state index in [1.165, 1.54) is 11.3 Å². The molecular formula is C13H10BrF3N2OS. The van der Waals surface area contributed by atoms with Gasteiger partial charge in [0.25, 0.3) is 5.91 Å². The van der Waals surface area contributed by atoms with Crippen molar-refractivity contribution in [3.05, 3.63) is 50.1 Å². The number of rotatable bonds is 3. The smallest absolute Gasteiger partial charge is 0.398 e. The summed E-state index contributed by atoms with van der Waals surface area (Å²) in [6.45, 7) is 0.227. The zero-order chi connectivity index (χ0) is 15.6. The van der Waals surface area contributed by atoms with Gasteiger partial charge in [-0.05, 0) is 46.3 Å². The Morgan fingerprint density at radius 1 is 1.29 bits per heavy atom. The quantitative estimate of drug-likeness (QED) is 0.791. The Kier molecular flexibility index (Phi) is 4.58. The summed E-state index contributed by atoms with van der Waals surface area (Å²) in [5, 5.41) is 2.55. The molecule has 0 saturated heterocycles. The summed E-state index contributed by atoms with van der Waals surface area (Å²) < 4.78 is 38.8. The van der Waals surface area contributed by atoms with E-state index in [1.807, 2.05) is 12.1 Å². The summed E-state index contributed by atoms with van der Waals surface area (Å²) in [5.74, 6) is -0.636. The minimum Gasteiger partial charge on any atom is -0.398 e. The van der Waals surface area contributed by atoms with Crippen molar-refractivity contribution in [3.8, 4) is 0 Å². The number of carbonyl (C=O) groups excluding carboxylic acids is 1. The van der Waals surface area contributed by atoms with E-state index in [9.17, 15) is 18.0 Å². The highest BCUT2D eigenvalue weighted by molar-refractivity contribution is 9.11. The molecule has 0 aliphatic carbocycles. The van der Waals surface area contributed by atoms with Crippen LogP contribution in [-0.4, -0.2) is 5.91 Å². The van der Waals surface area contributed by atoms with E-state index in [1.54, 1.807) is 0 Å². The molecule has 2 rings (SSSR count). The molecule has 0 bridgehead atoms. The Bertz CT molecular complexity index is 670. The van der Waals surface area contributed by atoms with Crippen LogP contribution in [0.2, 0.25) is 0 Å². The highest BCUT2D eigenvalue weighted by atomic mass is 79.9. The Labute approximate surface area is 131 Å². The molecule has 0 atom stereocenters. The van der Waals surface area contributed by atoms with E-state index >= 15 is 0 Å². The zero-order valence-corrected chi connectivity index (χ0v) is 12.9. The van der Waals surface area contributed by atoms with Crippen molar-refractivity contribution in [2.75, 3.05) is 5.73 Å². The predicted molar refractivity (Wildman–Crippen MR) is 79.0 cm³/mol. The standard InChI is InChI=1S/C13H10BrF3N2OS/c14-11-4-2-8(21-11)6-19-12(20)9-5-7(13(15,16)17)1-3-10(9)18/h1-5H,6,18H2,(H,19,20). The lowest BCUT2D eigenvalue weighted by atomic mass is 10.1. The molecule has 0 radical (unpaired) electrons. The van der Waals surface area contributed by atoms with Crippen LogP contribution < -0.4 is 11.1 Å². The molecule has 112 valence electrons. The molecule has 1 heterocycles. The molecule has 0 fully saturated rings. The van der Waals surface area contributed by atoms with Gasteiger partial charge in [-0.1, -0.05) is 0 Å². The predicted octanol–water partition coefficient (Wildman–Crippen LogP) is 4.04. The van der Waals surface area contributed by atoms with Crippen molar-refractivity contribution in [2.45, 2.75) is 12.7 Å². The van der Waals surface area contributed by atoms with Gasteiger partial charge < -0.3 is 11.1 Å². The second kappa shape index (κ2) is 6.07. The maximum Gasteiger partial charge on any atom is 0.416 e. The first kappa shape index (κ1) is 15.8. The molecule has 1 aromatic heterocycles. The minimum absolute atomic E-state index is 0.00728. The van der Waals surface area contributed by atoms with Crippen molar-refractivity contribution in [2.24, 2.45) is 0 Å². The van der Waals surface area contributed by atoms with E-state index in [2.05, 4.69) is 21.2 Å². The molecule has 3 nitrogen and oxygen atoms in total. The summed E-state index contributed by atoms with van der Waals surface area (Å²) >= 11 is 4.72. The van der Waals surface area contributed by atoms with Gasteiger partial charge in [0, 0.05) is 10.6 Å². The molecule has 3 N–H and O–H groups in total. The van der Waals surface area contributed by atoms with Gasteiger partial charge >= 0.3 is 6.18 Å². The van der Waals surface area contributed by atoms with Crippen LogP contribution in [0, 0.1) is 0 Å². The van der Waals surface area contributed by atoms with Crippen molar-refractivity contribution in [1.29, 1.82) is 0 Å². The third-order valence-electron chi connectivity index (χ3n) is 2.68. The molecule has 0 aliphatic rings. The molecule has 8 heteroatoms. The van der Waals surface area contributed by atoms with Crippen molar-refractivity contribution in [1.82, 2.24) is 5.32 Å². The van der Waals surface area contributed by atoms with Gasteiger partial charge in [-0.2, -0.15) is 13.2 Å². The van der Waals surface area contributed by atoms with Crippen molar-refractivity contribution in [3.63, 3.8) is 0 Å². The van der Waals surface area contributed by atoms with E-state index in [-0.39, 0.29) is 17.8 Å². The molecule has 2 aromatic rings. The van der Waals surface area contributed by atoms with Gasteiger partial charge in [0.05, 0.1) is 21.5 Å². The number of halogens is 4. The maximum absolute atomic E-state index is 12.6. The summed E-state index contributed by atoms with van der Waals surface area (Å²) in [5.41, 5.74) is 4.50. The van der Waals surface area contributed by atoms with Crippen LogP contribution in [-0.2, 0) is 12.7 Å². The molecular weight excluding hydrogens is 369 g/mol. The fourth-order valence-electron chi connectivity index (χ4n) is 1.64. The molecule has 1 amide bonds. The molecule has 21 heavy (non-hydrogen) atoms. The summed E-state index contributed by atoms with van der Waals surface area (Å²) in [4.78, 5) is 12.8. The summed E-state index contributed by atoms with van der Waals surface area (Å²) in [6, 6.07) is 6.33. The average Bonchev–Trinajstić information content (AvgIpc) is 2.81. The first-order valence-corrected chi connectivity index (χ1v) is 7.37. The summed E-state index contributed by atoms with van der Waals surface area (Å²) in [6.07, 6.45) is -4.51. The summed E-state index contributed by atoms with van der Waals surface area (Å²) in [7, 11) is 0. The second-order valence-corrected chi connectivity index (χ2v) is 6.74. The fourth-order valence-corrected chi connectivity index (χ4v) is 3.06. The zero-order valence-electron chi connectivity index (χ0n) is 10.5. The van der Waals surface area contributed by atoms with Gasteiger partial charge in [-0.3, -0.25) is 4.79 Å². The van der Waals surface area contributed by atoms with Crippen LogP contribution in [0.3, 0.4) is 0 Å². The number of hydrogen-bond acceptors (Lipinski definition) is 3. The lowest BCUT2D eigenvalue weighted by Crippen LogP contribution is -2.24. The second-order valence-electron chi connectivity index (χ2n) is 4.19. The van der Waals surface area contributed by atoms with Gasteiger partial charge in [0.2, 0.25) is 0 Å². The number of alkyl halides is 3. The number of carbonyl (C=O) groups is 1. The number of nitrogens with two attached hydrogens (primary N) is 1. The van der Waals surface area contributed by atoms with Crippen molar-refractivity contribution < 1.29 is 18.0 Å². The van der Waals surface area contributed by atoms with Crippen LogP contribution in [0.15, 0.2) is 34.1 Å². The maximum atomic E-state index is 12.6. The van der Waals surface area contributed by atoms with E-state index < -0.39 is 17.6 Å². The van der Waals surface area contributed by atoms with Gasteiger partial charge in [-0.25, -0.2) is 0 Å². The van der Waals surface area contributed by atoms with Crippen molar-refractivity contribution >= 4 is 38.9 Å². The van der Waals surface area contributed by atoms with Crippen LogP contribution in [0.25, 0.3) is 0 Å². The van der Waals surface area contributed by atoms with E-state index in [0.717, 1.165) is 26.9 Å². The minimum atomic E-state index is -4.51. The highest BCUT2D eigenvalue weighted by Crippen LogP contribution is 2.31. The van der Waals surface area contributed by atoms with Gasteiger partial charge in [0.15, 0.2) is 0 Å².